The van der Waals surface area contributed by atoms with E-state index in [-0.39, 0.29) is 0 Å². The summed E-state index contributed by atoms with van der Waals surface area (Å²) in [6, 6.07) is 0. The summed E-state index contributed by atoms with van der Waals surface area (Å²) in [6.07, 6.45) is 3.80. The van der Waals surface area contributed by atoms with Gasteiger partial charge in [0.25, 0.3) is 0 Å². The van der Waals surface area contributed by atoms with E-state index in [1.165, 1.54) is 19.3 Å². The molecular formula is C15H28N4O. The van der Waals surface area contributed by atoms with Crippen molar-refractivity contribution in [1.82, 2.24) is 20.4 Å². The molecule has 1 aliphatic heterocycles. The topological polar surface area (TPSA) is 54.2 Å². The fraction of sp³-hybridized carbons (Fsp3) is 0.867. The first-order chi connectivity index (χ1) is 9.69. The van der Waals surface area contributed by atoms with Gasteiger partial charge in [0.2, 0.25) is 5.89 Å². The van der Waals surface area contributed by atoms with Crippen molar-refractivity contribution in [3.63, 3.8) is 0 Å². The Balaban J connectivity index is 1.79. The van der Waals surface area contributed by atoms with Crippen LogP contribution in [-0.4, -0.2) is 41.2 Å². The standard InChI is InChI=1S/C15H28N4O/c1-4-7-16-9-13-6-5-8-19(10-13)11-14-17-15(12(2)3)18-20-14/h12-13,16H,4-11H2,1-3H3. The van der Waals surface area contributed by atoms with Crippen LogP contribution in [-0.2, 0) is 6.54 Å². The summed E-state index contributed by atoms with van der Waals surface area (Å²) in [5.74, 6) is 2.66. The molecule has 0 saturated carbocycles. The van der Waals surface area contributed by atoms with Crippen LogP contribution >= 0.6 is 0 Å². The van der Waals surface area contributed by atoms with Crippen molar-refractivity contribution in [2.45, 2.75) is 52.5 Å². The van der Waals surface area contributed by atoms with Crippen molar-refractivity contribution >= 4 is 0 Å². The van der Waals surface area contributed by atoms with Crippen molar-refractivity contribution in [1.29, 1.82) is 0 Å². The molecule has 1 N–H and O–H groups in total. The van der Waals surface area contributed by atoms with Gasteiger partial charge in [-0.3, -0.25) is 4.90 Å². The number of rotatable bonds is 7. The van der Waals surface area contributed by atoms with Crippen molar-refractivity contribution in [2.75, 3.05) is 26.2 Å². The Hall–Kier alpha value is -0.940. The first kappa shape index (κ1) is 15.4. The summed E-state index contributed by atoms with van der Waals surface area (Å²) in [6.45, 7) is 11.7. The molecule has 1 aliphatic rings. The molecule has 114 valence electrons. The molecule has 5 heteroatoms. The molecular weight excluding hydrogens is 252 g/mol. The molecule has 1 saturated heterocycles. The second-order valence-electron chi connectivity index (χ2n) is 6.15. The monoisotopic (exact) mass is 280 g/mol. The quantitative estimate of drug-likeness (QED) is 0.777. The van der Waals surface area contributed by atoms with Gasteiger partial charge < -0.3 is 9.84 Å². The van der Waals surface area contributed by atoms with Gasteiger partial charge in [-0.2, -0.15) is 4.98 Å². The van der Waals surface area contributed by atoms with E-state index in [2.05, 4.69) is 41.1 Å². The van der Waals surface area contributed by atoms with E-state index in [0.29, 0.717) is 5.92 Å². The van der Waals surface area contributed by atoms with Gasteiger partial charge in [0.15, 0.2) is 5.82 Å². The maximum absolute atomic E-state index is 5.34. The second-order valence-corrected chi connectivity index (χ2v) is 6.15. The molecule has 1 atom stereocenters. The number of hydrogen-bond acceptors (Lipinski definition) is 5. The van der Waals surface area contributed by atoms with Gasteiger partial charge >= 0.3 is 0 Å². The lowest BCUT2D eigenvalue weighted by molar-refractivity contribution is 0.148. The Labute approximate surface area is 122 Å². The summed E-state index contributed by atoms with van der Waals surface area (Å²) < 4.78 is 5.34. The highest BCUT2D eigenvalue weighted by Crippen LogP contribution is 2.18. The molecule has 2 heterocycles. The van der Waals surface area contributed by atoms with Gasteiger partial charge in [0, 0.05) is 12.5 Å². The number of nitrogens with zero attached hydrogens (tertiary/aromatic N) is 3. The molecule has 0 radical (unpaired) electrons. The number of nitrogens with one attached hydrogen (secondary N) is 1. The minimum Gasteiger partial charge on any atom is -0.338 e. The molecule has 0 aliphatic carbocycles. The second kappa shape index (κ2) is 7.74. The maximum atomic E-state index is 5.34. The average molecular weight is 280 g/mol. The minimum atomic E-state index is 0.333. The van der Waals surface area contributed by atoms with E-state index in [9.17, 15) is 0 Å². The minimum absolute atomic E-state index is 0.333. The predicted octanol–water partition coefficient (Wildman–Crippen LogP) is 2.40. The Bertz CT molecular complexity index is 391. The van der Waals surface area contributed by atoms with Crippen molar-refractivity contribution in [3.05, 3.63) is 11.7 Å². The van der Waals surface area contributed by atoms with E-state index < -0.39 is 0 Å². The van der Waals surface area contributed by atoms with Gasteiger partial charge in [0.1, 0.15) is 0 Å². The Morgan fingerprint density at radius 2 is 2.30 bits per heavy atom. The number of aromatic nitrogens is 2. The van der Waals surface area contributed by atoms with Crippen LogP contribution in [0.2, 0.25) is 0 Å². The molecule has 1 unspecified atom stereocenters. The maximum Gasteiger partial charge on any atom is 0.240 e. The van der Waals surface area contributed by atoms with Gasteiger partial charge in [-0.25, -0.2) is 0 Å². The van der Waals surface area contributed by atoms with Crippen molar-refractivity contribution in [3.8, 4) is 0 Å². The van der Waals surface area contributed by atoms with Gasteiger partial charge in [0.05, 0.1) is 6.54 Å². The zero-order chi connectivity index (χ0) is 14.4. The number of likely N-dealkylation sites (tertiary alicyclic amines) is 1. The first-order valence-corrected chi connectivity index (χ1v) is 7.94. The number of piperidine rings is 1. The van der Waals surface area contributed by atoms with Crippen molar-refractivity contribution < 1.29 is 4.52 Å². The van der Waals surface area contributed by atoms with Crippen LogP contribution in [0.3, 0.4) is 0 Å². The summed E-state index contributed by atoms with van der Waals surface area (Å²) in [4.78, 5) is 6.91. The molecule has 5 nitrogen and oxygen atoms in total. The predicted molar refractivity (Wildman–Crippen MR) is 79.5 cm³/mol. The molecule has 0 amide bonds. The third kappa shape index (κ3) is 4.56. The lowest BCUT2D eigenvalue weighted by atomic mass is 9.98. The highest BCUT2D eigenvalue weighted by atomic mass is 16.5. The molecule has 1 fully saturated rings. The molecule has 0 spiro atoms. The zero-order valence-corrected chi connectivity index (χ0v) is 13.1. The van der Waals surface area contributed by atoms with Crippen LogP contribution in [0.25, 0.3) is 0 Å². The van der Waals surface area contributed by atoms with E-state index >= 15 is 0 Å². The highest BCUT2D eigenvalue weighted by Gasteiger charge is 2.21. The summed E-state index contributed by atoms with van der Waals surface area (Å²) in [5.41, 5.74) is 0. The van der Waals surface area contributed by atoms with E-state index in [4.69, 9.17) is 4.52 Å². The normalized spacial score (nSPS) is 20.7. The van der Waals surface area contributed by atoms with Crippen molar-refractivity contribution in [2.24, 2.45) is 5.92 Å². The lowest BCUT2D eigenvalue weighted by Gasteiger charge is -2.31. The van der Waals surface area contributed by atoms with Crippen LogP contribution in [0.1, 0.15) is 57.7 Å². The molecule has 20 heavy (non-hydrogen) atoms. The first-order valence-electron chi connectivity index (χ1n) is 7.94. The fourth-order valence-electron chi connectivity index (χ4n) is 2.70. The molecule has 1 aromatic heterocycles. The largest absolute Gasteiger partial charge is 0.338 e. The van der Waals surface area contributed by atoms with Crippen LogP contribution in [0.15, 0.2) is 4.52 Å². The summed E-state index contributed by atoms with van der Waals surface area (Å²) >= 11 is 0. The summed E-state index contributed by atoms with van der Waals surface area (Å²) in [7, 11) is 0. The van der Waals surface area contributed by atoms with Gasteiger partial charge in [-0.05, 0) is 44.8 Å². The molecule has 0 aromatic carbocycles. The van der Waals surface area contributed by atoms with E-state index in [1.54, 1.807) is 0 Å². The third-order valence-corrected chi connectivity index (χ3v) is 3.82. The van der Waals surface area contributed by atoms with Crippen LogP contribution in [0, 0.1) is 5.92 Å². The third-order valence-electron chi connectivity index (χ3n) is 3.82. The number of hydrogen-bond donors (Lipinski definition) is 1. The summed E-state index contributed by atoms with van der Waals surface area (Å²) in [5, 5.41) is 7.57. The van der Waals surface area contributed by atoms with Crippen LogP contribution in [0.5, 0.6) is 0 Å². The fourth-order valence-corrected chi connectivity index (χ4v) is 2.70. The van der Waals surface area contributed by atoms with Crippen LogP contribution < -0.4 is 5.32 Å². The molecule has 0 bridgehead atoms. The molecule has 1 aromatic rings. The van der Waals surface area contributed by atoms with Gasteiger partial charge in [-0.1, -0.05) is 25.9 Å². The Morgan fingerprint density at radius 3 is 3.00 bits per heavy atom. The molecule has 2 rings (SSSR count). The SMILES string of the molecule is CCCNCC1CCCN(Cc2nc(C(C)C)no2)C1. The van der Waals surface area contributed by atoms with Gasteiger partial charge in [-0.15, -0.1) is 0 Å². The Morgan fingerprint density at radius 1 is 1.45 bits per heavy atom. The Kier molecular flexibility index (Phi) is 5.98. The lowest BCUT2D eigenvalue weighted by Crippen LogP contribution is -2.39. The zero-order valence-electron chi connectivity index (χ0n) is 13.1. The average Bonchev–Trinajstić information content (AvgIpc) is 2.88. The van der Waals surface area contributed by atoms with E-state index in [1.807, 2.05) is 0 Å². The highest BCUT2D eigenvalue weighted by molar-refractivity contribution is 4.92. The smallest absolute Gasteiger partial charge is 0.240 e. The van der Waals surface area contributed by atoms with Crippen LogP contribution in [0.4, 0.5) is 0 Å². The van der Waals surface area contributed by atoms with E-state index in [0.717, 1.165) is 50.4 Å².